The number of hydrogen-bond donors (Lipinski definition) is 0. The molecule has 3 aliphatic heterocycles. The van der Waals surface area contributed by atoms with Crippen LogP contribution < -0.4 is 10.5 Å². The van der Waals surface area contributed by atoms with Crippen LogP contribution in [0.25, 0.3) is 11.0 Å². The number of carbonyl (C=O) groups is 2. The smallest absolute Gasteiger partial charge is 0.325 e. The fourth-order valence-corrected chi connectivity index (χ4v) is 7.85. The van der Waals surface area contributed by atoms with E-state index in [4.69, 9.17) is 9.72 Å². The minimum atomic E-state index is -0.407. The number of benzene rings is 1. The highest BCUT2D eigenvalue weighted by Gasteiger charge is 2.44. The van der Waals surface area contributed by atoms with Crippen LogP contribution in [0.15, 0.2) is 29.1 Å². The molecule has 2 unspecified atom stereocenters. The van der Waals surface area contributed by atoms with Crippen LogP contribution in [0.2, 0.25) is 0 Å². The quantitative estimate of drug-likeness (QED) is 0.505. The number of ether oxygens (including phenoxy) is 1. The minimum absolute atomic E-state index is 0.0331. The first-order chi connectivity index (χ1) is 19.5. The third-order valence-electron chi connectivity index (χ3n) is 9.65. The monoisotopic (exact) mass is 549 g/mol. The zero-order valence-corrected chi connectivity index (χ0v) is 23.8. The summed E-state index contributed by atoms with van der Waals surface area (Å²) in [5, 5.41) is 0. The van der Waals surface area contributed by atoms with Gasteiger partial charge >= 0.3 is 5.97 Å². The van der Waals surface area contributed by atoms with E-state index in [1.807, 2.05) is 28.8 Å². The zero-order valence-electron chi connectivity index (χ0n) is 23.8. The summed E-state index contributed by atoms with van der Waals surface area (Å²) < 4.78 is 7.03. The Bertz CT molecular complexity index is 1270. The Morgan fingerprint density at radius 1 is 0.900 bits per heavy atom. The van der Waals surface area contributed by atoms with Crippen molar-refractivity contribution in [2.75, 3.05) is 37.7 Å². The van der Waals surface area contributed by atoms with Crippen LogP contribution in [0.5, 0.6) is 0 Å². The number of amides is 1. The van der Waals surface area contributed by atoms with Crippen molar-refractivity contribution in [3.8, 4) is 0 Å². The lowest BCUT2D eigenvalue weighted by molar-refractivity contribution is -0.149. The summed E-state index contributed by atoms with van der Waals surface area (Å²) in [6.07, 6.45) is 13.9. The average Bonchev–Trinajstić information content (AvgIpc) is 3.18. The van der Waals surface area contributed by atoms with E-state index in [1.54, 1.807) is 11.8 Å². The van der Waals surface area contributed by atoms with Gasteiger partial charge in [0.05, 0.1) is 24.2 Å². The maximum atomic E-state index is 14.2. The molecule has 216 valence electrons. The molecule has 1 aromatic carbocycles. The van der Waals surface area contributed by atoms with Crippen molar-refractivity contribution >= 4 is 28.7 Å². The number of rotatable bonds is 6. The van der Waals surface area contributed by atoms with E-state index in [0.29, 0.717) is 37.0 Å². The van der Waals surface area contributed by atoms with E-state index in [2.05, 4.69) is 4.90 Å². The van der Waals surface area contributed by atoms with Gasteiger partial charge in [-0.15, -0.1) is 0 Å². The van der Waals surface area contributed by atoms with Gasteiger partial charge in [0.25, 0.3) is 5.56 Å². The van der Waals surface area contributed by atoms with Crippen LogP contribution >= 0.6 is 0 Å². The number of piperazine rings is 1. The highest BCUT2D eigenvalue weighted by atomic mass is 16.5. The number of carbonyl (C=O) groups excluding carboxylic acids is 2. The molecule has 1 saturated carbocycles. The standard InChI is InChI=1S/C31H43N5O4/c1-2-40-29(38)21-33-16-17-34(20-28(33)37)30-31(39)36(27-13-9-8-12-26(27)32-30)25-18-23-14-15-24(19-25)35(23)22-10-6-4-3-5-7-11-22/h8-9,12-13,22-25H,2-7,10-11,14-21H2,1H3. The van der Waals surface area contributed by atoms with E-state index >= 15 is 0 Å². The first kappa shape index (κ1) is 27.2. The van der Waals surface area contributed by atoms with Crippen LogP contribution in [-0.2, 0) is 14.3 Å². The van der Waals surface area contributed by atoms with Crippen LogP contribution in [-0.4, -0.2) is 82.1 Å². The van der Waals surface area contributed by atoms with Crippen molar-refractivity contribution in [3.63, 3.8) is 0 Å². The van der Waals surface area contributed by atoms with Gasteiger partial charge in [0.15, 0.2) is 5.82 Å². The predicted octanol–water partition coefficient (Wildman–Crippen LogP) is 3.89. The van der Waals surface area contributed by atoms with Crippen LogP contribution in [0.3, 0.4) is 0 Å². The molecule has 0 N–H and O–H groups in total. The lowest BCUT2D eigenvalue weighted by Crippen LogP contribution is -2.54. The number of hydrogen-bond acceptors (Lipinski definition) is 7. The number of para-hydroxylation sites is 2. The molecule has 1 amide bonds. The molecule has 2 atom stereocenters. The normalized spacial score (nSPS) is 26.6. The maximum absolute atomic E-state index is 14.2. The number of nitrogens with zero attached hydrogens (tertiary/aromatic N) is 5. The molecule has 0 spiro atoms. The second-order valence-corrected chi connectivity index (χ2v) is 12.1. The third-order valence-corrected chi connectivity index (χ3v) is 9.65. The van der Waals surface area contributed by atoms with Gasteiger partial charge in [0.2, 0.25) is 5.91 Å². The first-order valence-corrected chi connectivity index (χ1v) is 15.5. The molecule has 1 aromatic heterocycles. The molecule has 3 saturated heterocycles. The molecule has 0 radical (unpaired) electrons. The van der Waals surface area contributed by atoms with Crippen molar-refractivity contribution < 1.29 is 14.3 Å². The lowest BCUT2D eigenvalue weighted by atomic mass is 9.89. The lowest BCUT2D eigenvalue weighted by Gasteiger charge is -2.45. The van der Waals surface area contributed by atoms with Crippen molar-refractivity contribution in [1.82, 2.24) is 19.4 Å². The molecule has 9 nitrogen and oxygen atoms in total. The Balaban J connectivity index is 1.25. The second kappa shape index (κ2) is 11.9. The highest BCUT2D eigenvalue weighted by Crippen LogP contribution is 2.44. The van der Waals surface area contributed by atoms with E-state index in [0.717, 1.165) is 23.9 Å². The molecular formula is C31H43N5O4. The number of esters is 1. The van der Waals surface area contributed by atoms with Gasteiger partial charge < -0.3 is 19.1 Å². The maximum Gasteiger partial charge on any atom is 0.325 e. The van der Waals surface area contributed by atoms with Gasteiger partial charge in [-0.1, -0.05) is 44.2 Å². The van der Waals surface area contributed by atoms with E-state index < -0.39 is 5.97 Å². The molecule has 9 heteroatoms. The summed E-state index contributed by atoms with van der Waals surface area (Å²) in [6, 6.07) is 9.80. The summed E-state index contributed by atoms with van der Waals surface area (Å²) in [4.78, 5) is 50.0. The van der Waals surface area contributed by atoms with E-state index in [9.17, 15) is 14.4 Å². The first-order valence-electron chi connectivity index (χ1n) is 15.5. The number of piperidine rings is 1. The van der Waals surface area contributed by atoms with Gasteiger partial charge in [-0.2, -0.15) is 0 Å². The molecule has 2 bridgehead atoms. The third kappa shape index (κ3) is 5.37. The predicted molar refractivity (Wildman–Crippen MR) is 154 cm³/mol. The van der Waals surface area contributed by atoms with E-state index in [1.165, 1.54) is 62.7 Å². The van der Waals surface area contributed by atoms with Gasteiger partial charge in [0.1, 0.15) is 6.54 Å². The van der Waals surface area contributed by atoms with Crippen molar-refractivity contribution in [2.45, 2.75) is 102 Å². The summed E-state index contributed by atoms with van der Waals surface area (Å²) in [5.74, 6) is -0.251. The number of aromatic nitrogens is 2. The van der Waals surface area contributed by atoms with Gasteiger partial charge in [-0.25, -0.2) is 4.98 Å². The molecule has 2 aromatic rings. The molecular weight excluding hydrogens is 506 g/mol. The van der Waals surface area contributed by atoms with Crippen LogP contribution in [0.4, 0.5) is 5.82 Å². The molecule has 4 aliphatic rings. The van der Waals surface area contributed by atoms with Crippen LogP contribution in [0.1, 0.15) is 83.6 Å². The Morgan fingerprint density at radius 2 is 1.60 bits per heavy atom. The van der Waals surface area contributed by atoms with Crippen molar-refractivity contribution in [3.05, 3.63) is 34.6 Å². The average molecular weight is 550 g/mol. The molecule has 40 heavy (non-hydrogen) atoms. The van der Waals surface area contributed by atoms with Gasteiger partial charge in [-0.3, -0.25) is 19.3 Å². The highest BCUT2D eigenvalue weighted by molar-refractivity contribution is 5.86. The summed E-state index contributed by atoms with van der Waals surface area (Å²) in [6.45, 7) is 2.83. The molecule has 1 aliphatic carbocycles. The number of anilines is 1. The summed E-state index contributed by atoms with van der Waals surface area (Å²) in [5.41, 5.74) is 1.56. The topological polar surface area (TPSA) is 88.0 Å². The Labute approximate surface area is 236 Å². The Morgan fingerprint density at radius 3 is 2.30 bits per heavy atom. The number of fused-ring (bicyclic) bond motifs is 3. The largest absolute Gasteiger partial charge is 0.465 e. The molecule has 4 heterocycles. The SMILES string of the molecule is CCOC(=O)CN1CCN(c2nc3ccccc3n(C3CC4CCC(C3)N4C3CCCCCCC3)c2=O)CC1=O. The van der Waals surface area contributed by atoms with Gasteiger partial charge in [0, 0.05) is 37.3 Å². The zero-order chi connectivity index (χ0) is 27.6. The summed E-state index contributed by atoms with van der Waals surface area (Å²) >= 11 is 0. The van der Waals surface area contributed by atoms with Crippen molar-refractivity contribution in [1.29, 1.82) is 0 Å². The molecule has 4 fully saturated rings. The Hall–Kier alpha value is -2.94. The minimum Gasteiger partial charge on any atom is -0.465 e. The van der Waals surface area contributed by atoms with E-state index in [-0.39, 0.29) is 37.2 Å². The van der Waals surface area contributed by atoms with Gasteiger partial charge in [-0.05, 0) is 57.6 Å². The Kier molecular flexibility index (Phi) is 8.10. The molecule has 6 rings (SSSR count). The van der Waals surface area contributed by atoms with Crippen molar-refractivity contribution in [2.24, 2.45) is 0 Å². The summed E-state index contributed by atoms with van der Waals surface area (Å²) in [7, 11) is 0. The second-order valence-electron chi connectivity index (χ2n) is 12.1. The fourth-order valence-electron chi connectivity index (χ4n) is 7.85. The fraction of sp³-hybridized carbons (Fsp3) is 0.677. The van der Waals surface area contributed by atoms with Crippen LogP contribution in [0, 0.1) is 0 Å².